The molecule has 0 bridgehead atoms. The zero-order chi connectivity index (χ0) is 23.6. The second-order valence-electron chi connectivity index (χ2n) is 13.2. The fourth-order valence-corrected chi connectivity index (χ4v) is 9.37. The molecule has 186 valence electrons. The van der Waals surface area contributed by atoms with Gasteiger partial charge in [-0.05, 0) is 91.8 Å². The summed E-state index contributed by atoms with van der Waals surface area (Å²) in [7, 11) is 0. The summed E-state index contributed by atoms with van der Waals surface area (Å²) in [6, 6.07) is 0. The summed E-state index contributed by atoms with van der Waals surface area (Å²) >= 11 is 0. The average molecular weight is 453 g/mol. The Balaban J connectivity index is 1.59. The van der Waals surface area contributed by atoms with Crippen molar-refractivity contribution in [1.82, 2.24) is 0 Å². The van der Waals surface area contributed by atoms with Crippen molar-refractivity contribution < 1.29 is 25.5 Å². The molecule has 5 N–H and O–H groups in total. The lowest BCUT2D eigenvalue weighted by Crippen LogP contribution is -2.68. The van der Waals surface area contributed by atoms with E-state index in [4.69, 9.17) is 0 Å². The van der Waals surface area contributed by atoms with Crippen LogP contribution in [0.15, 0.2) is 0 Å². The van der Waals surface area contributed by atoms with Gasteiger partial charge in [0.2, 0.25) is 0 Å². The van der Waals surface area contributed by atoms with Crippen molar-refractivity contribution in [2.45, 2.75) is 122 Å². The van der Waals surface area contributed by atoms with Gasteiger partial charge in [-0.1, -0.05) is 34.6 Å². The number of hydrogen-bond acceptors (Lipinski definition) is 5. The number of aliphatic hydroxyl groups is 5. The van der Waals surface area contributed by atoms with Crippen molar-refractivity contribution >= 4 is 0 Å². The third kappa shape index (κ3) is 3.69. The summed E-state index contributed by atoms with van der Waals surface area (Å²) in [6.07, 6.45) is 4.97. The molecule has 5 heteroatoms. The van der Waals surface area contributed by atoms with Crippen LogP contribution in [0.4, 0.5) is 0 Å². The molecular formula is C27H48O5. The number of rotatable bonds is 5. The molecule has 0 aliphatic heterocycles. The second kappa shape index (κ2) is 8.48. The van der Waals surface area contributed by atoms with Crippen LogP contribution in [0.1, 0.15) is 92.4 Å². The van der Waals surface area contributed by atoms with Crippen molar-refractivity contribution in [3.63, 3.8) is 0 Å². The summed E-state index contributed by atoms with van der Waals surface area (Å²) in [5.41, 5.74) is -1.42. The van der Waals surface area contributed by atoms with Crippen LogP contribution in [0.2, 0.25) is 0 Å². The first-order valence-electron chi connectivity index (χ1n) is 13.3. The third-order valence-electron chi connectivity index (χ3n) is 11.1. The van der Waals surface area contributed by atoms with E-state index >= 15 is 0 Å². The Labute approximate surface area is 194 Å². The molecule has 4 aliphatic rings. The molecular weight excluding hydrogens is 404 g/mol. The molecule has 0 aromatic heterocycles. The molecule has 32 heavy (non-hydrogen) atoms. The highest BCUT2D eigenvalue weighted by Gasteiger charge is 2.70. The van der Waals surface area contributed by atoms with E-state index in [1.807, 2.05) is 0 Å². The van der Waals surface area contributed by atoms with E-state index in [0.717, 1.165) is 38.5 Å². The van der Waals surface area contributed by atoms with Crippen molar-refractivity contribution in [2.75, 3.05) is 0 Å². The van der Waals surface area contributed by atoms with Crippen LogP contribution in [0.3, 0.4) is 0 Å². The molecule has 0 aromatic rings. The zero-order valence-electron chi connectivity index (χ0n) is 20.9. The molecule has 12 atom stereocenters. The van der Waals surface area contributed by atoms with Gasteiger partial charge >= 0.3 is 0 Å². The first-order chi connectivity index (χ1) is 14.8. The van der Waals surface area contributed by atoms with Gasteiger partial charge in [-0.25, -0.2) is 0 Å². The predicted molar refractivity (Wildman–Crippen MR) is 125 cm³/mol. The van der Waals surface area contributed by atoms with Crippen LogP contribution in [-0.2, 0) is 0 Å². The maximum atomic E-state index is 12.3. The van der Waals surface area contributed by atoms with Crippen LogP contribution < -0.4 is 0 Å². The van der Waals surface area contributed by atoms with E-state index in [9.17, 15) is 25.5 Å². The van der Waals surface area contributed by atoms with Crippen LogP contribution in [0.5, 0.6) is 0 Å². The summed E-state index contributed by atoms with van der Waals surface area (Å²) < 4.78 is 0. The Morgan fingerprint density at radius 3 is 2.19 bits per heavy atom. The maximum absolute atomic E-state index is 12.3. The van der Waals surface area contributed by atoms with E-state index in [-0.39, 0.29) is 46.7 Å². The summed E-state index contributed by atoms with van der Waals surface area (Å²) in [4.78, 5) is 0. The van der Waals surface area contributed by atoms with Gasteiger partial charge in [0.1, 0.15) is 0 Å². The molecule has 4 aliphatic carbocycles. The molecule has 0 aromatic carbocycles. The van der Waals surface area contributed by atoms with Crippen LogP contribution in [0, 0.1) is 46.3 Å². The van der Waals surface area contributed by atoms with Gasteiger partial charge in [0.25, 0.3) is 0 Å². The SMILES string of the molecule is CC(C)[C@@H](O)CC[C@@H](C)[C@H]1C[C@@H](O)[C@H]2[C@]1(C)CC[C@H]1[C@@]3(C)CC[C@H](O)C[C@@H]3[C@@H](O)C[C@]12O. The Morgan fingerprint density at radius 1 is 0.875 bits per heavy atom. The van der Waals surface area contributed by atoms with E-state index < -0.39 is 17.8 Å². The van der Waals surface area contributed by atoms with Crippen LogP contribution in [0.25, 0.3) is 0 Å². The Morgan fingerprint density at radius 2 is 1.53 bits per heavy atom. The second-order valence-corrected chi connectivity index (χ2v) is 13.2. The lowest BCUT2D eigenvalue weighted by molar-refractivity contribution is -0.263. The maximum Gasteiger partial charge on any atom is 0.0763 e. The van der Waals surface area contributed by atoms with E-state index in [1.165, 1.54) is 0 Å². The number of hydrogen-bond donors (Lipinski definition) is 5. The van der Waals surface area contributed by atoms with Gasteiger partial charge < -0.3 is 25.5 Å². The summed E-state index contributed by atoms with van der Waals surface area (Å²) in [5, 5.41) is 55.4. The predicted octanol–water partition coefficient (Wildman–Crippen LogP) is 3.50. The van der Waals surface area contributed by atoms with Gasteiger partial charge in [-0.15, -0.1) is 0 Å². The lowest BCUT2D eigenvalue weighted by Gasteiger charge is -2.66. The molecule has 4 rings (SSSR count). The molecule has 0 saturated heterocycles. The Bertz CT molecular complexity index is 683. The monoisotopic (exact) mass is 452 g/mol. The smallest absolute Gasteiger partial charge is 0.0763 e. The number of aliphatic hydroxyl groups excluding tert-OH is 4. The first kappa shape index (κ1) is 24.9. The highest BCUT2D eigenvalue weighted by molar-refractivity contribution is 5.20. The molecule has 5 nitrogen and oxygen atoms in total. The summed E-state index contributed by atoms with van der Waals surface area (Å²) in [5.74, 6) is 0.780. The standard InChI is InChI=1S/C27H48O5/c1-15(2)20(29)7-6-16(3)18-13-21(30)24-26(18,5)11-9-23-25(4)10-8-17(28)12-19(25)22(31)14-27(23,24)32/h15-24,28-32H,6-14H2,1-5H3/t16-,17+,18-,19-,20+,21-,22+,23+,24+,25+,26-,27+/m1/s1. The van der Waals surface area contributed by atoms with E-state index in [0.29, 0.717) is 31.1 Å². The molecule has 4 fully saturated rings. The topological polar surface area (TPSA) is 101 Å². The van der Waals surface area contributed by atoms with Gasteiger partial charge in [0.05, 0.1) is 30.0 Å². The van der Waals surface area contributed by atoms with Gasteiger partial charge in [0.15, 0.2) is 0 Å². The molecule has 0 spiro atoms. The number of fused-ring (bicyclic) bond motifs is 5. The largest absolute Gasteiger partial charge is 0.393 e. The minimum absolute atomic E-state index is 0.0201. The molecule has 0 heterocycles. The van der Waals surface area contributed by atoms with Crippen molar-refractivity contribution in [3.05, 3.63) is 0 Å². The average Bonchev–Trinajstić information content (AvgIpc) is 2.98. The van der Waals surface area contributed by atoms with Crippen LogP contribution >= 0.6 is 0 Å². The quantitative estimate of drug-likeness (QED) is 0.440. The van der Waals surface area contributed by atoms with Gasteiger partial charge in [0, 0.05) is 12.3 Å². The highest BCUT2D eigenvalue weighted by Crippen LogP contribution is 2.69. The fraction of sp³-hybridized carbons (Fsp3) is 1.00. The molecule has 4 saturated carbocycles. The van der Waals surface area contributed by atoms with Gasteiger partial charge in [-0.2, -0.15) is 0 Å². The minimum atomic E-state index is -1.06. The van der Waals surface area contributed by atoms with Crippen LogP contribution in [-0.4, -0.2) is 55.5 Å². The molecule has 0 unspecified atom stereocenters. The van der Waals surface area contributed by atoms with Crippen molar-refractivity contribution in [1.29, 1.82) is 0 Å². The lowest BCUT2D eigenvalue weighted by atomic mass is 9.42. The van der Waals surface area contributed by atoms with E-state index in [1.54, 1.807) is 0 Å². The fourth-order valence-electron chi connectivity index (χ4n) is 9.37. The van der Waals surface area contributed by atoms with Gasteiger partial charge in [-0.3, -0.25) is 0 Å². The molecule has 0 radical (unpaired) electrons. The van der Waals surface area contributed by atoms with E-state index in [2.05, 4.69) is 34.6 Å². The summed E-state index contributed by atoms with van der Waals surface area (Å²) in [6.45, 7) is 10.8. The van der Waals surface area contributed by atoms with Crippen molar-refractivity contribution in [2.24, 2.45) is 46.3 Å². The normalized spacial score (nSPS) is 52.8. The minimum Gasteiger partial charge on any atom is -0.393 e. The highest BCUT2D eigenvalue weighted by atomic mass is 16.3. The first-order valence-corrected chi connectivity index (χ1v) is 13.3. The molecule has 0 amide bonds. The Hall–Kier alpha value is -0.200. The van der Waals surface area contributed by atoms with Crippen molar-refractivity contribution in [3.8, 4) is 0 Å². The Kier molecular flexibility index (Phi) is 6.60. The zero-order valence-corrected chi connectivity index (χ0v) is 20.9. The third-order valence-corrected chi connectivity index (χ3v) is 11.1.